The van der Waals surface area contributed by atoms with Gasteiger partial charge in [-0.05, 0) is 6.08 Å². The van der Waals surface area contributed by atoms with Crippen LogP contribution in [0.25, 0.3) is 0 Å². The molecule has 0 aromatic carbocycles. The maximum Gasteiger partial charge on any atom is 0.317 e. The second-order valence-corrected chi connectivity index (χ2v) is 3.44. The Morgan fingerprint density at radius 3 is 2.73 bits per heavy atom. The fourth-order valence-corrected chi connectivity index (χ4v) is 1.55. The van der Waals surface area contributed by atoms with Crippen LogP contribution in [0.4, 0.5) is 4.79 Å². The van der Waals surface area contributed by atoms with Gasteiger partial charge in [-0.15, -0.1) is 0 Å². The lowest BCUT2D eigenvalue weighted by atomic mass is 10.2. The average Bonchev–Trinajstić information content (AvgIpc) is 2.59. The summed E-state index contributed by atoms with van der Waals surface area (Å²) in [6.07, 6.45) is 1.19. The number of nitrogens with zero attached hydrogens (tertiary/aromatic N) is 1. The first-order chi connectivity index (χ1) is 7.08. The normalized spacial score (nSPS) is 24.8. The number of hydrogen-bond acceptors (Lipinski definition) is 3. The van der Waals surface area contributed by atoms with Crippen LogP contribution in [0.2, 0.25) is 0 Å². The smallest absolute Gasteiger partial charge is 0.317 e. The average molecular weight is 212 g/mol. The molecule has 0 aromatic heterocycles. The molecule has 6 heteroatoms. The minimum atomic E-state index is -0.269. The number of hydrogen-bond donors (Lipinski definition) is 3. The lowest BCUT2D eigenvalue weighted by Crippen LogP contribution is -2.46. The zero-order valence-electron chi connectivity index (χ0n) is 8.69. The third kappa shape index (κ3) is 2.69. The summed E-state index contributed by atoms with van der Waals surface area (Å²) in [5.74, 6) is -0.269. The van der Waals surface area contributed by atoms with Crippen LogP contribution in [0.3, 0.4) is 0 Å². The van der Waals surface area contributed by atoms with Crippen molar-refractivity contribution in [3.05, 3.63) is 12.7 Å². The van der Waals surface area contributed by atoms with Gasteiger partial charge in [-0.1, -0.05) is 6.58 Å². The highest BCUT2D eigenvalue weighted by Gasteiger charge is 2.32. The first-order valence-electron chi connectivity index (χ1n) is 4.73. The van der Waals surface area contributed by atoms with E-state index in [4.69, 9.17) is 5.73 Å². The standard InChI is InChI=1S/C9H16N4O2/c1-3-8(14)12-7-5-13(4-6(7)10)9(15)11-2/h3,6-7H,1,4-5,10H2,2H3,(H,11,15)(H,12,14)/t6-,7+/m1/s1. The van der Waals surface area contributed by atoms with Crippen LogP contribution in [-0.4, -0.2) is 49.1 Å². The van der Waals surface area contributed by atoms with Crippen LogP contribution < -0.4 is 16.4 Å². The summed E-state index contributed by atoms with van der Waals surface area (Å²) < 4.78 is 0. The van der Waals surface area contributed by atoms with Gasteiger partial charge < -0.3 is 21.3 Å². The lowest BCUT2D eigenvalue weighted by Gasteiger charge is -2.15. The fourth-order valence-electron chi connectivity index (χ4n) is 1.55. The van der Waals surface area contributed by atoms with E-state index in [0.29, 0.717) is 13.1 Å². The molecule has 0 radical (unpaired) electrons. The van der Waals surface area contributed by atoms with Crippen molar-refractivity contribution in [3.63, 3.8) is 0 Å². The third-order valence-corrected chi connectivity index (χ3v) is 2.38. The van der Waals surface area contributed by atoms with Gasteiger partial charge in [0.15, 0.2) is 0 Å². The zero-order chi connectivity index (χ0) is 11.4. The van der Waals surface area contributed by atoms with Crippen molar-refractivity contribution in [2.24, 2.45) is 5.73 Å². The Labute approximate surface area is 88.5 Å². The molecule has 6 nitrogen and oxygen atoms in total. The van der Waals surface area contributed by atoms with E-state index in [1.807, 2.05) is 0 Å². The zero-order valence-corrected chi connectivity index (χ0v) is 8.69. The number of carbonyl (C=O) groups is 2. The van der Waals surface area contributed by atoms with Gasteiger partial charge in [0.05, 0.1) is 6.04 Å². The minimum Gasteiger partial charge on any atom is -0.346 e. The molecule has 0 spiro atoms. The van der Waals surface area contributed by atoms with Crippen molar-refractivity contribution >= 4 is 11.9 Å². The topological polar surface area (TPSA) is 87.5 Å². The lowest BCUT2D eigenvalue weighted by molar-refractivity contribution is -0.117. The number of nitrogens with one attached hydrogen (secondary N) is 2. The predicted octanol–water partition coefficient (Wildman–Crippen LogP) is -1.36. The van der Waals surface area contributed by atoms with Crippen LogP contribution in [0, 0.1) is 0 Å². The summed E-state index contributed by atoms with van der Waals surface area (Å²) in [6, 6.07) is -0.611. The molecule has 1 fully saturated rings. The molecule has 0 aliphatic carbocycles. The van der Waals surface area contributed by atoms with E-state index in [-0.39, 0.29) is 24.0 Å². The van der Waals surface area contributed by atoms with Gasteiger partial charge in [0.25, 0.3) is 0 Å². The van der Waals surface area contributed by atoms with Gasteiger partial charge >= 0.3 is 6.03 Å². The molecule has 0 unspecified atom stereocenters. The summed E-state index contributed by atoms with van der Waals surface area (Å²) in [5.41, 5.74) is 5.79. The Hall–Kier alpha value is -1.56. The Morgan fingerprint density at radius 2 is 2.20 bits per heavy atom. The van der Waals surface area contributed by atoms with Gasteiger partial charge in [0.2, 0.25) is 5.91 Å². The highest BCUT2D eigenvalue weighted by Crippen LogP contribution is 2.08. The highest BCUT2D eigenvalue weighted by atomic mass is 16.2. The SMILES string of the molecule is C=CC(=O)N[C@H]1CN(C(=O)NC)C[C@H]1N. The Kier molecular flexibility index (Phi) is 3.68. The summed E-state index contributed by atoms with van der Waals surface area (Å²) in [7, 11) is 1.56. The van der Waals surface area contributed by atoms with Crippen molar-refractivity contribution in [3.8, 4) is 0 Å². The first-order valence-corrected chi connectivity index (χ1v) is 4.73. The van der Waals surface area contributed by atoms with Gasteiger partial charge in [-0.25, -0.2) is 4.79 Å². The Morgan fingerprint density at radius 1 is 1.53 bits per heavy atom. The molecular weight excluding hydrogens is 196 g/mol. The number of urea groups is 1. The minimum absolute atomic E-state index is 0.180. The number of amides is 3. The number of carbonyl (C=O) groups excluding carboxylic acids is 2. The molecule has 2 atom stereocenters. The van der Waals surface area contributed by atoms with Crippen molar-refractivity contribution in [2.75, 3.05) is 20.1 Å². The van der Waals surface area contributed by atoms with Gasteiger partial charge in [-0.3, -0.25) is 4.79 Å². The Balaban J connectivity index is 2.52. The van der Waals surface area contributed by atoms with Crippen LogP contribution >= 0.6 is 0 Å². The molecule has 3 amide bonds. The molecule has 0 aromatic rings. The quantitative estimate of drug-likeness (QED) is 0.494. The molecule has 0 saturated carbocycles. The molecule has 1 heterocycles. The van der Waals surface area contributed by atoms with Crippen LogP contribution in [0.1, 0.15) is 0 Å². The molecule has 0 bridgehead atoms. The molecule has 4 N–H and O–H groups in total. The number of likely N-dealkylation sites (tertiary alicyclic amines) is 1. The summed E-state index contributed by atoms with van der Waals surface area (Å²) in [5, 5.41) is 5.20. The van der Waals surface area contributed by atoms with E-state index < -0.39 is 0 Å². The number of nitrogens with two attached hydrogens (primary N) is 1. The first kappa shape index (κ1) is 11.5. The maximum atomic E-state index is 11.3. The van der Waals surface area contributed by atoms with Crippen molar-refractivity contribution in [1.29, 1.82) is 0 Å². The molecule has 84 valence electrons. The van der Waals surface area contributed by atoms with Crippen molar-refractivity contribution in [1.82, 2.24) is 15.5 Å². The molecular formula is C9H16N4O2. The maximum absolute atomic E-state index is 11.3. The van der Waals surface area contributed by atoms with E-state index in [2.05, 4.69) is 17.2 Å². The summed E-state index contributed by atoms with van der Waals surface area (Å²) in [4.78, 5) is 23.9. The van der Waals surface area contributed by atoms with E-state index in [1.165, 1.54) is 6.08 Å². The molecule has 15 heavy (non-hydrogen) atoms. The van der Waals surface area contributed by atoms with Gasteiger partial charge in [0, 0.05) is 26.2 Å². The third-order valence-electron chi connectivity index (χ3n) is 2.38. The number of rotatable bonds is 2. The monoisotopic (exact) mass is 212 g/mol. The van der Waals surface area contributed by atoms with Gasteiger partial charge in [-0.2, -0.15) is 0 Å². The summed E-state index contributed by atoms with van der Waals surface area (Å²) >= 11 is 0. The second kappa shape index (κ2) is 4.79. The van der Waals surface area contributed by atoms with E-state index in [1.54, 1.807) is 11.9 Å². The molecule has 1 saturated heterocycles. The van der Waals surface area contributed by atoms with Crippen LogP contribution in [-0.2, 0) is 4.79 Å². The molecule has 1 aliphatic rings. The van der Waals surface area contributed by atoms with Crippen molar-refractivity contribution in [2.45, 2.75) is 12.1 Å². The van der Waals surface area contributed by atoms with E-state index in [9.17, 15) is 9.59 Å². The summed E-state index contributed by atoms with van der Waals surface area (Å²) in [6.45, 7) is 4.23. The van der Waals surface area contributed by atoms with E-state index in [0.717, 1.165) is 0 Å². The van der Waals surface area contributed by atoms with Gasteiger partial charge in [0.1, 0.15) is 0 Å². The molecule has 1 aliphatic heterocycles. The van der Waals surface area contributed by atoms with Crippen molar-refractivity contribution < 1.29 is 9.59 Å². The van der Waals surface area contributed by atoms with E-state index >= 15 is 0 Å². The fraction of sp³-hybridized carbons (Fsp3) is 0.556. The Bertz CT molecular complexity index is 279. The molecule has 1 rings (SSSR count). The predicted molar refractivity (Wildman–Crippen MR) is 56.1 cm³/mol. The van der Waals surface area contributed by atoms with Crippen LogP contribution in [0.15, 0.2) is 12.7 Å². The highest BCUT2D eigenvalue weighted by molar-refractivity contribution is 5.87. The largest absolute Gasteiger partial charge is 0.346 e. The second-order valence-electron chi connectivity index (χ2n) is 3.44. The van der Waals surface area contributed by atoms with Crippen LogP contribution in [0.5, 0.6) is 0 Å².